The highest BCUT2D eigenvalue weighted by atomic mass is 14.1. The molecule has 0 aromatic heterocycles. The summed E-state index contributed by atoms with van der Waals surface area (Å²) in [6.45, 7) is 0. The summed E-state index contributed by atoms with van der Waals surface area (Å²) in [4.78, 5) is 0. The summed E-state index contributed by atoms with van der Waals surface area (Å²) < 4.78 is 0. The molecule has 0 heterocycles. The van der Waals surface area contributed by atoms with Crippen molar-refractivity contribution >= 4 is 33.2 Å². The van der Waals surface area contributed by atoms with Gasteiger partial charge in [-0.1, -0.05) is 97.1 Å². The van der Waals surface area contributed by atoms with Crippen molar-refractivity contribution in [3.8, 4) is 0 Å². The molecule has 5 aromatic rings. The molecular weight excluding hydrogens is 336 g/mol. The summed E-state index contributed by atoms with van der Waals surface area (Å²) >= 11 is 0. The Morgan fingerprint density at radius 3 is 1.71 bits per heavy atom. The highest BCUT2D eigenvalue weighted by Crippen LogP contribution is 2.30. The van der Waals surface area contributed by atoms with Gasteiger partial charge in [0.15, 0.2) is 0 Å². The first-order valence-electron chi connectivity index (χ1n) is 9.62. The van der Waals surface area contributed by atoms with Gasteiger partial charge in [0.1, 0.15) is 0 Å². The molecule has 0 saturated carbocycles. The summed E-state index contributed by atoms with van der Waals surface area (Å²) in [5, 5.41) is 5.10. The van der Waals surface area contributed by atoms with Crippen molar-refractivity contribution in [3.63, 3.8) is 0 Å². The van der Waals surface area contributed by atoms with Gasteiger partial charge in [0.25, 0.3) is 0 Å². The van der Waals surface area contributed by atoms with Crippen LogP contribution < -0.4 is 0 Å². The number of hydrogen-bond acceptors (Lipinski definition) is 0. The van der Waals surface area contributed by atoms with Crippen molar-refractivity contribution in [2.45, 2.75) is 0 Å². The molecule has 0 aliphatic heterocycles. The Morgan fingerprint density at radius 2 is 1.00 bits per heavy atom. The van der Waals surface area contributed by atoms with Gasteiger partial charge >= 0.3 is 0 Å². The van der Waals surface area contributed by atoms with Crippen LogP contribution in [-0.2, 0) is 0 Å². The Labute approximate surface area is 165 Å². The molecule has 0 aliphatic carbocycles. The lowest BCUT2D eigenvalue weighted by molar-refractivity contribution is 1.57. The predicted octanol–water partition coefficient (Wildman–Crippen LogP) is 7.58. The van der Waals surface area contributed by atoms with Crippen molar-refractivity contribution in [3.05, 3.63) is 132 Å². The van der Waals surface area contributed by atoms with Crippen LogP contribution in [-0.4, -0.2) is 0 Å². The number of fused-ring (bicyclic) bond motifs is 2. The van der Waals surface area contributed by atoms with Crippen LogP contribution in [0.2, 0.25) is 0 Å². The summed E-state index contributed by atoms with van der Waals surface area (Å²) in [5.41, 5.74) is 4.91. The van der Waals surface area contributed by atoms with E-state index in [1.165, 1.54) is 43.8 Å². The van der Waals surface area contributed by atoms with E-state index >= 15 is 0 Å². The molecule has 5 rings (SSSR count). The van der Waals surface area contributed by atoms with Crippen LogP contribution in [0.4, 0.5) is 0 Å². The topological polar surface area (TPSA) is 0 Å². The normalized spacial score (nSPS) is 11.8. The fourth-order valence-corrected chi connectivity index (χ4v) is 3.77. The molecule has 0 radical (unpaired) electrons. The maximum Gasteiger partial charge on any atom is -0.0105 e. The highest BCUT2D eigenvalue weighted by Gasteiger charge is 2.07. The van der Waals surface area contributed by atoms with E-state index in [2.05, 4.69) is 121 Å². The SMILES string of the molecule is C(=C(c1ccccc1)c1ccc2cc3ccccc3cc2c1)c1ccccc1. The summed E-state index contributed by atoms with van der Waals surface area (Å²) in [6.07, 6.45) is 2.28. The van der Waals surface area contributed by atoms with Crippen molar-refractivity contribution < 1.29 is 0 Å². The molecule has 0 fully saturated rings. The Balaban J connectivity index is 1.71. The summed E-state index contributed by atoms with van der Waals surface area (Å²) in [7, 11) is 0. The van der Waals surface area contributed by atoms with Gasteiger partial charge in [0.2, 0.25) is 0 Å². The van der Waals surface area contributed by atoms with Gasteiger partial charge in [-0.15, -0.1) is 0 Å². The van der Waals surface area contributed by atoms with Gasteiger partial charge in [-0.05, 0) is 68.1 Å². The van der Waals surface area contributed by atoms with Crippen molar-refractivity contribution in [2.24, 2.45) is 0 Å². The molecule has 0 atom stereocenters. The molecule has 0 unspecified atom stereocenters. The van der Waals surface area contributed by atoms with Gasteiger partial charge in [-0.3, -0.25) is 0 Å². The molecule has 0 N–H and O–H groups in total. The Kier molecular flexibility index (Phi) is 4.23. The lowest BCUT2D eigenvalue weighted by Gasteiger charge is -2.11. The van der Waals surface area contributed by atoms with E-state index in [1.807, 2.05) is 0 Å². The van der Waals surface area contributed by atoms with E-state index in [1.54, 1.807) is 0 Å². The summed E-state index contributed by atoms with van der Waals surface area (Å²) in [5.74, 6) is 0. The van der Waals surface area contributed by atoms with Gasteiger partial charge in [-0.2, -0.15) is 0 Å². The molecule has 132 valence electrons. The zero-order chi connectivity index (χ0) is 18.8. The second-order valence-corrected chi connectivity index (χ2v) is 7.10. The summed E-state index contributed by atoms with van der Waals surface area (Å²) in [6, 6.07) is 41.0. The molecule has 0 spiro atoms. The molecule has 0 amide bonds. The highest BCUT2D eigenvalue weighted by molar-refractivity contribution is 6.01. The van der Waals surface area contributed by atoms with E-state index in [4.69, 9.17) is 0 Å². The van der Waals surface area contributed by atoms with E-state index in [0.29, 0.717) is 0 Å². The smallest absolute Gasteiger partial charge is 0.0105 e. The van der Waals surface area contributed by atoms with Gasteiger partial charge < -0.3 is 0 Å². The second kappa shape index (κ2) is 7.17. The van der Waals surface area contributed by atoms with E-state index < -0.39 is 0 Å². The van der Waals surface area contributed by atoms with Crippen LogP contribution in [0.25, 0.3) is 33.2 Å². The standard InChI is InChI=1S/C28H20/c1-3-9-21(10-4-1)17-28(22-11-5-2-6-12-22)26-16-15-25-18-23-13-7-8-14-24(23)19-27(25)20-26/h1-20H. The largest absolute Gasteiger partial charge is 0.0622 e. The zero-order valence-electron chi connectivity index (χ0n) is 15.5. The first kappa shape index (κ1) is 16.5. The fraction of sp³-hybridized carbons (Fsp3) is 0. The zero-order valence-corrected chi connectivity index (χ0v) is 15.5. The Hall–Kier alpha value is -3.64. The molecule has 0 heteroatoms. The lowest BCUT2D eigenvalue weighted by atomic mass is 9.93. The van der Waals surface area contributed by atoms with E-state index in [9.17, 15) is 0 Å². The average molecular weight is 356 g/mol. The molecule has 28 heavy (non-hydrogen) atoms. The average Bonchev–Trinajstić information content (AvgIpc) is 2.77. The monoisotopic (exact) mass is 356 g/mol. The fourth-order valence-electron chi connectivity index (χ4n) is 3.77. The van der Waals surface area contributed by atoms with Crippen LogP contribution >= 0.6 is 0 Å². The quantitative estimate of drug-likeness (QED) is 0.231. The Morgan fingerprint density at radius 1 is 0.429 bits per heavy atom. The minimum absolute atomic E-state index is 1.21. The lowest BCUT2D eigenvalue weighted by Crippen LogP contribution is -1.89. The van der Waals surface area contributed by atoms with Gasteiger partial charge in [0, 0.05) is 0 Å². The first-order chi connectivity index (χ1) is 13.9. The van der Waals surface area contributed by atoms with Crippen LogP contribution in [0.15, 0.2) is 115 Å². The molecular formula is C28H20. The maximum atomic E-state index is 2.31. The van der Waals surface area contributed by atoms with Crippen LogP contribution in [0.3, 0.4) is 0 Å². The minimum atomic E-state index is 1.21. The van der Waals surface area contributed by atoms with Crippen LogP contribution in [0.1, 0.15) is 16.7 Å². The van der Waals surface area contributed by atoms with Crippen LogP contribution in [0, 0.1) is 0 Å². The second-order valence-electron chi connectivity index (χ2n) is 7.10. The van der Waals surface area contributed by atoms with Crippen molar-refractivity contribution in [1.29, 1.82) is 0 Å². The first-order valence-corrected chi connectivity index (χ1v) is 9.62. The molecule has 0 nitrogen and oxygen atoms in total. The third-order valence-corrected chi connectivity index (χ3v) is 5.21. The third-order valence-electron chi connectivity index (χ3n) is 5.21. The minimum Gasteiger partial charge on any atom is -0.0622 e. The van der Waals surface area contributed by atoms with Gasteiger partial charge in [0.05, 0.1) is 0 Å². The molecule has 0 aliphatic rings. The maximum absolute atomic E-state index is 2.31. The van der Waals surface area contributed by atoms with Crippen LogP contribution in [0.5, 0.6) is 0 Å². The van der Waals surface area contributed by atoms with Crippen molar-refractivity contribution in [1.82, 2.24) is 0 Å². The van der Waals surface area contributed by atoms with Crippen molar-refractivity contribution in [2.75, 3.05) is 0 Å². The number of hydrogen-bond donors (Lipinski definition) is 0. The number of benzene rings is 5. The Bertz CT molecular complexity index is 1280. The number of rotatable bonds is 3. The third kappa shape index (κ3) is 3.21. The molecule has 5 aromatic carbocycles. The van der Waals surface area contributed by atoms with Gasteiger partial charge in [-0.25, -0.2) is 0 Å². The predicted molar refractivity (Wildman–Crippen MR) is 121 cm³/mol. The molecule has 0 saturated heterocycles. The van der Waals surface area contributed by atoms with E-state index in [-0.39, 0.29) is 0 Å². The molecule has 0 bridgehead atoms. The van der Waals surface area contributed by atoms with E-state index in [0.717, 1.165) is 0 Å².